The average molecular weight is 180 g/mol. The number of hydrogen-bond acceptors (Lipinski definition) is 2. The van der Waals surface area contributed by atoms with Crippen LogP contribution in [0.2, 0.25) is 5.09 Å². The Morgan fingerprint density at radius 1 is 1.08 bits per heavy atom. The molecule has 0 atom stereocenters. The van der Waals surface area contributed by atoms with E-state index in [-0.39, 0.29) is 0 Å². The maximum absolute atomic E-state index is 2.21. The molecule has 2 nitrogen and oxygen atoms in total. The molecule has 0 amide bonds. The standard InChI is InChI=1S/C6H16N2.C4H9.Li/c1-6(7(2)3)8(4)5;1-3-4-2;/h6H,1-5H3;1,3-4H2,2H3;. The Morgan fingerprint density at radius 3 is 1.46 bits per heavy atom. The van der Waals surface area contributed by atoms with Gasteiger partial charge in [0, 0.05) is 0 Å². The maximum atomic E-state index is 2.21. The van der Waals surface area contributed by atoms with Gasteiger partial charge in [0.15, 0.2) is 0 Å². The summed E-state index contributed by atoms with van der Waals surface area (Å²) < 4.78 is 0. The van der Waals surface area contributed by atoms with Crippen molar-refractivity contribution in [2.45, 2.75) is 37.9 Å². The topological polar surface area (TPSA) is 6.48 Å². The monoisotopic (exact) mass is 180 g/mol. The molecule has 0 aliphatic rings. The molecule has 0 rings (SSSR count). The third-order valence-corrected chi connectivity index (χ3v) is 2.20. The second kappa shape index (κ2) is 10.6. The molecule has 0 fully saturated rings. The number of hydrogen-bond donors (Lipinski definition) is 0. The van der Waals surface area contributed by atoms with Crippen LogP contribution >= 0.6 is 0 Å². The van der Waals surface area contributed by atoms with Gasteiger partial charge in [0.05, 0.1) is 6.17 Å². The van der Waals surface area contributed by atoms with Gasteiger partial charge in [-0.05, 0) is 35.1 Å². The quantitative estimate of drug-likeness (QED) is 0.481. The Hall–Kier alpha value is 0.517. The summed E-state index contributed by atoms with van der Waals surface area (Å²) in [5, 5.41) is 1.34. The van der Waals surface area contributed by atoms with Gasteiger partial charge in [-0.15, -0.1) is 0 Å². The molecule has 0 saturated carbocycles. The summed E-state index contributed by atoms with van der Waals surface area (Å²) in [4.78, 5) is 4.33. The molecule has 0 spiro atoms. The summed E-state index contributed by atoms with van der Waals surface area (Å²) in [6, 6.07) is 0. The normalized spacial score (nSPS) is 10.7. The van der Waals surface area contributed by atoms with E-state index in [0.717, 1.165) is 0 Å². The van der Waals surface area contributed by atoms with Crippen LogP contribution in [0.5, 0.6) is 0 Å². The van der Waals surface area contributed by atoms with E-state index in [9.17, 15) is 0 Å². The van der Waals surface area contributed by atoms with Crippen LogP contribution in [0, 0.1) is 0 Å². The molecule has 0 aromatic carbocycles. The SMILES string of the molecule is CC(N(C)C)N(C)C.[Li][CH2]CCC. The van der Waals surface area contributed by atoms with Crippen LogP contribution in [-0.2, 0) is 0 Å². The van der Waals surface area contributed by atoms with Crippen LogP contribution in [0.4, 0.5) is 0 Å². The van der Waals surface area contributed by atoms with Gasteiger partial charge in [0.25, 0.3) is 0 Å². The third kappa shape index (κ3) is 12.5. The molecule has 0 aromatic heterocycles. The van der Waals surface area contributed by atoms with Crippen LogP contribution in [0.1, 0.15) is 26.7 Å². The van der Waals surface area contributed by atoms with Crippen molar-refractivity contribution in [1.82, 2.24) is 9.80 Å². The summed E-state index contributed by atoms with van der Waals surface area (Å²) >= 11 is 2.21. The Balaban J connectivity index is 0. The van der Waals surface area contributed by atoms with Crippen molar-refractivity contribution in [2.75, 3.05) is 28.2 Å². The summed E-state index contributed by atoms with van der Waals surface area (Å²) in [7, 11) is 8.30. The van der Waals surface area contributed by atoms with Gasteiger partial charge >= 0.3 is 42.6 Å². The van der Waals surface area contributed by atoms with Crippen molar-refractivity contribution in [3.05, 3.63) is 0 Å². The van der Waals surface area contributed by atoms with Gasteiger partial charge in [-0.1, -0.05) is 0 Å². The third-order valence-electron chi connectivity index (χ3n) is 2.20. The average Bonchev–Trinajstić information content (AvgIpc) is 2.05. The van der Waals surface area contributed by atoms with E-state index in [4.69, 9.17) is 0 Å². The number of rotatable bonds is 4. The molecule has 76 valence electrons. The molecule has 3 heteroatoms. The Bertz CT molecular complexity index is 84.9. The second-order valence-corrected chi connectivity index (χ2v) is 3.91. The van der Waals surface area contributed by atoms with Crippen molar-refractivity contribution in [1.29, 1.82) is 0 Å². The summed E-state index contributed by atoms with van der Waals surface area (Å²) in [5.74, 6) is 0. The van der Waals surface area contributed by atoms with Crippen LogP contribution in [0.25, 0.3) is 0 Å². The zero-order chi connectivity index (χ0) is 10.9. The van der Waals surface area contributed by atoms with Crippen LogP contribution in [0.15, 0.2) is 0 Å². The summed E-state index contributed by atoms with van der Waals surface area (Å²) in [6.45, 7) is 4.38. The fraction of sp³-hybridized carbons (Fsp3) is 1.00. The first-order valence-corrected chi connectivity index (χ1v) is 5.30. The number of nitrogens with zero attached hydrogens (tertiary/aromatic N) is 2. The second-order valence-electron chi connectivity index (χ2n) is 3.91. The van der Waals surface area contributed by atoms with Gasteiger partial charge in [-0.3, -0.25) is 9.80 Å². The fourth-order valence-electron chi connectivity index (χ4n) is 0.815. The van der Waals surface area contributed by atoms with Crippen molar-refractivity contribution in [3.8, 4) is 0 Å². The molecule has 0 bridgehead atoms. The first kappa shape index (κ1) is 16.0. The van der Waals surface area contributed by atoms with Crippen molar-refractivity contribution < 1.29 is 0 Å². The molecule has 0 heterocycles. The van der Waals surface area contributed by atoms with Crippen molar-refractivity contribution >= 4 is 17.7 Å². The Kier molecular flexibility index (Phi) is 13.0. The van der Waals surface area contributed by atoms with Gasteiger partial charge < -0.3 is 0 Å². The minimum atomic E-state index is 0.537. The minimum absolute atomic E-state index is 0.537. The van der Waals surface area contributed by atoms with Crippen LogP contribution < -0.4 is 0 Å². The van der Waals surface area contributed by atoms with Crippen LogP contribution in [-0.4, -0.2) is 61.9 Å². The first-order valence-electron chi connectivity index (χ1n) is 5.30. The molecule has 0 aromatic rings. The molecule has 13 heavy (non-hydrogen) atoms. The predicted molar refractivity (Wildman–Crippen MR) is 62.3 cm³/mol. The summed E-state index contributed by atoms with van der Waals surface area (Å²) in [5.41, 5.74) is 0. The molecule has 0 aliphatic heterocycles. The van der Waals surface area contributed by atoms with E-state index in [0.29, 0.717) is 6.17 Å². The van der Waals surface area contributed by atoms with Crippen molar-refractivity contribution in [3.63, 3.8) is 0 Å². The predicted octanol–water partition coefficient (Wildman–Crippen LogP) is 1.83. The number of unbranched alkanes of at least 4 members (excludes halogenated alkanes) is 1. The van der Waals surface area contributed by atoms with E-state index in [1.807, 2.05) is 0 Å². The van der Waals surface area contributed by atoms with E-state index in [1.165, 1.54) is 17.9 Å². The van der Waals surface area contributed by atoms with E-state index >= 15 is 0 Å². The van der Waals surface area contributed by atoms with Crippen LogP contribution in [0.3, 0.4) is 0 Å². The first-order chi connectivity index (χ1) is 5.97. The summed E-state index contributed by atoms with van der Waals surface area (Å²) in [6.07, 6.45) is 3.27. The molecule has 0 radical (unpaired) electrons. The molecule has 0 N–H and O–H groups in total. The molecular weight excluding hydrogens is 155 g/mol. The van der Waals surface area contributed by atoms with E-state index in [1.54, 1.807) is 0 Å². The zero-order valence-electron chi connectivity index (χ0n) is 10.6. The molecule has 0 aliphatic carbocycles. The molecular formula is C10H25LiN2. The molecule has 0 unspecified atom stereocenters. The molecule has 0 saturated heterocycles. The Morgan fingerprint density at radius 2 is 1.46 bits per heavy atom. The van der Waals surface area contributed by atoms with Crippen molar-refractivity contribution in [2.24, 2.45) is 0 Å². The van der Waals surface area contributed by atoms with Gasteiger partial charge in [0.2, 0.25) is 0 Å². The van der Waals surface area contributed by atoms with E-state index in [2.05, 4.69) is 69.6 Å². The van der Waals surface area contributed by atoms with Gasteiger partial charge in [-0.25, -0.2) is 0 Å². The zero-order valence-corrected chi connectivity index (χ0v) is 10.6. The van der Waals surface area contributed by atoms with Gasteiger partial charge in [0.1, 0.15) is 0 Å². The van der Waals surface area contributed by atoms with E-state index < -0.39 is 0 Å². The Labute approximate surface area is 93.9 Å². The van der Waals surface area contributed by atoms with Gasteiger partial charge in [-0.2, -0.15) is 0 Å². The fourth-order valence-corrected chi connectivity index (χ4v) is 0.815.